The summed E-state index contributed by atoms with van der Waals surface area (Å²) in [7, 11) is 4.03. The van der Waals surface area contributed by atoms with E-state index in [4.69, 9.17) is 0 Å². The van der Waals surface area contributed by atoms with Crippen molar-refractivity contribution in [3.8, 4) is 11.5 Å². The van der Waals surface area contributed by atoms with Crippen LogP contribution in [-0.4, -0.2) is 53.0 Å². The zero-order valence-electron chi connectivity index (χ0n) is 22.1. The number of carbonyl (C=O) groups is 1. The second kappa shape index (κ2) is 13.0. The largest absolute Gasteiger partial charge is 0.508 e. The van der Waals surface area contributed by atoms with Crippen LogP contribution in [0.25, 0.3) is 0 Å². The van der Waals surface area contributed by atoms with Gasteiger partial charge in [-0.2, -0.15) is 0 Å². The van der Waals surface area contributed by atoms with Gasteiger partial charge in [0.05, 0.1) is 11.8 Å². The highest BCUT2D eigenvalue weighted by atomic mass is 16.3. The third kappa shape index (κ3) is 7.54. The average molecular weight is 509 g/mol. The Labute approximate surface area is 225 Å². The Morgan fingerprint density at radius 2 is 1.00 bits per heavy atom. The van der Waals surface area contributed by atoms with Gasteiger partial charge in [-0.1, -0.05) is 84.9 Å². The van der Waals surface area contributed by atoms with Crippen molar-refractivity contribution in [3.05, 3.63) is 131 Å². The molecular weight excluding hydrogens is 472 g/mol. The predicted octanol–water partition coefficient (Wildman–Crippen LogP) is 5.80. The zero-order chi connectivity index (χ0) is 26.9. The first-order chi connectivity index (χ1) is 18.4. The summed E-state index contributed by atoms with van der Waals surface area (Å²) >= 11 is 0. The number of likely N-dealkylation sites (N-methyl/N-ethyl adjacent to an activating group) is 2. The molecule has 0 aliphatic carbocycles. The minimum absolute atomic E-state index is 0.0565. The molecule has 38 heavy (non-hydrogen) atoms. The number of ketones is 1. The summed E-state index contributed by atoms with van der Waals surface area (Å²) in [5, 5.41) is 20.5. The Bertz CT molecular complexity index is 1210. The fourth-order valence-electron chi connectivity index (χ4n) is 4.99. The summed E-state index contributed by atoms with van der Waals surface area (Å²) in [6.07, 6.45) is 0. The minimum atomic E-state index is -0.465. The normalized spacial score (nSPS) is 12.9. The molecule has 4 aromatic rings. The zero-order valence-corrected chi connectivity index (χ0v) is 22.1. The molecule has 0 fully saturated rings. The molecule has 2 N–H and O–H groups in total. The molecule has 0 aromatic heterocycles. The van der Waals surface area contributed by atoms with Crippen molar-refractivity contribution in [2.75, 3.05) is 27.2 Å². The van der Waals surface area contributed by atoms with Crippen molar-refractivity contribution in [2.24, 2.45) is 0 Å². The summed E-state index contributed by atoms with van der Waals surface area (Å²) in [6.45, 7) is 2.39. The van der Waals surface area contributed by atoms with E-state index in [1.165, 1.54) is 11.1 Å². The summed E-state index contributed by atoms with van der Waals surface area (Å²) in [5.74, 6) is -0.593. The van der Waals surface area contributed by atoms with Gasteiger partial charge in [0.25, 0.3) is 0 Å². The number of carbonyl (C=O) groups excluding carboxylic acids is 1. The molecule has 0 aliphatic rings. The Kier molecular flexibility index (Phi) is 9.30. The number of phenolic OH excluding ortho intramolecular Hbond substituents is 2. The molecule has 0 saturated heterocycles. The summed E-state index contributed by atoms with van der Waals surface area (Å²) < 4.78 is 0. The summed E-state index contributed by atoms with van der Waals surface area (Å²) in [6, 6.07) is 34.4. The smallest absolute Gasteiger partial charge is 0.150 e. The monoisotopic (exact) mass is 508 g/mol. The van der Waals surface area contributed by atoms with Crippen molar-refractivity contribution in [1.29, 1.82) is 0 Å². The molecule has 196 valence electrons. The standard InChI is InChI=1S/C33H36N2O3/c1-34(21-25-11-5-3-6-12-25)23-31(27-15-9-17-29(36)19-27)33(38)32(28-16-10-18-30(37)20-28)24-35(2)22-26-13-7-4-8-14-26/h3-20,31-32,36-37H,21-24H2,1-2H3. The lowest BCUT2D eigenvalue weighted by Gasteiger charge is -2.30. The van der Waals surface area contributed by atoms with Gasteiger partial charge in [0.15, 0.2) is 0 Å². The molecule has 2 unspecified atom stereocenters. The molecule has 0 amide bonds. The molecule has 4 rings (SSSR count). The van der Waals surface area contributed by atoms with E-state index in [2.05, 4.69) is 34.1 Å². The van der Waals surface area contributed by atoms with Crippen LogP contribution < -0.4 is 0 Å². The van der Waals surface area contributed by atoms with Crippen LogP contribution in [-0.2, 0) is 17.9 Å². The maximum atomic E-state index is 14.4. The van der Waals surface area contributed by atoms with Gasteiger partial charge in [-0.3, -0.25) is 4.79 Å². The van der Waals surface area contributed by atoms with Crippen LogP contribution >= 0.6 is 0 Å². The van der Waals surface area contributed by atoms with E-state index in [0.29, 0.717) is 26.2 Å². The molecule has 0 saturated carbocycles. The highest BCUT2D eigenvalue weighted by Crippen LogP contribution is 2.31. The third-order valence-corrected chi connectivity index (χ3v) is 6.81. The van der Waals surface area contributed by atoms with Gasteiger partial charge in [0.1, 0.15) is 17.3 Å². The highest BCUT2D eigenvalue weighted by Gasteiger charge is 2.31. The molecule has 2 atom stereocenters. The van der Waals surface area contributed by atoms with Crippen LogP contribution in [0.3, 0.4) is 0 Å². The number of phenols is 2. The van der Waals surface area contributed by atoms with E-state index in [9.17, 15) is 15.0 Å². The van der Waals surface area contributed by atoms with Gasteiger partial charge < -0.3 is 20.0 Å². The lowest BCUT2D eigenvalue weighted by molar-refractivity contribution is -0.122. The number of rotatable bonds is 12. The van der Waals surface area contributed by atoms with Crippen LogP contribution in [0.15, 0.2) is 109 Å². The predicted molar refractivity (Wildman–Crippen MR) is 152 cm³/mol. The first-order valence-corrected chi connectivity index (χ1v) is 13.0. The van der Waals surface area contributed by atoms with Crippen molar-refractivity contribution in [3.63, 3.8) is 0 Å². The SMILES string of the molecule is CN(Cc1ccccc1)CC(C(=O)C(CN(C)Cc1ccccc1)c1cccc(O)c1)c1cccc(O)c1. The molecule has 0 aliphatic heterocycles. The van der Waals surface area contributed by atoms with Crippen molar-refractivity contribution < 1.29 is 15.0 Å². The van der Waals surface area contributed by atoms with E-state index in [0.717, 1.165) is 11.1 Å². The molecule has 0 bridgehead atoms. The second-order valence-corrected chi connectivity index (χ2v) is 10.1. The van der Waals surface area contributed by atoms with Gasteiger partial charge in [0, 0.05) is 26.2 Å². The van der Waals surface area contributed by atoms with Crippen LogP contribution in [0.2, 0.25) is 0 Å². The molecule has 0 radical (unpaired) electrons. The molecule has 5 heteroatoms. The van der Waals surface area contributed by atoms with Crippen LogP contribution in [0.5, 0.6) is 11.5 Å². The maximum Gasteiger partial charge on any atom is 0.150 e. The molecule has 5 nitrogen and oxygen atoms in total. The van der Waals surface area contributed by atoms with Gasteiger partial charge in [-0.05, 0) is 60.6 Å². The first kappa shape index (κ1) is 27.1. The molecule has 0 heterocycles. The van der Waals surface area contributed by atoms with Crippen molar-refractivity contribution in [2.45, 2.75) is 24.9 Å². The number of benzene rings is 4. The average Bonchev–Trinajstić information content (AvgIpc) is 2.91. The molecule has 0 spiro atoms. The first-order valence-electron chi connectivity index (χ1n) is 13.0. The van der Waals surface area contributed by atoms with E-state index in [1.807, 2.05) is 62.6 Å². The lowest BCUT2D eigenvalue weighted by atomic mass is 9.82. The van der Waals surface area contributed by atoms with Gasteiger partial charge >= 0.3 is 0 Å². The van der Waals surface area contributed by atoms with Crippen molar-refractivity contribution >= 4 is 5.78 Å². The van der Waals surface area contributed by atoms with Gasteiger partial charge in [-0.25, -0.2) is 0 Å². The summed E-state index contributed by atoms with van der Waals surface area (Å²) in [4.78, 5) is 18.7. The molecule has 4 aromatic carbocycles. The third-order valence-electron chi connectivity index (χ3n) is 6.81. The Morgan fingerprint density at radius 1 is 0.605 bits per heavy atom. The topological polar surface area (TPSA) is 64.0 Å². The van der Waals surface area contributed by atoms with Crippen molar-refractivity contribution in [1.82, 2.24) is 9.80 Å². The van der Waals surface area contributed by atoms with E-state index < -0.39 is 11.8 Å². The van der Waals surface area contributed by atoms with Crippen LogP contribution in [0, 0.1) is 0 Å². The lowest BCUT2D eigenvalue weighted by Crippen LogP contribution is -2.35. The number of Topliss-reactive ketones (excluding diaryl/α,β-unsaturated/α-hetero) is 1. The Morgan fingerprint density at radius 3 is 1.37 bits per heavy atom. The highest BCUT2D eigenvalue weighted by molar-refractivity contribution is 5.92. The quantitative estimate of drug-likeness (QED) is 0.253. The van der Waals surface area contributed by atoms with E-state index in [-0.39, 0.29) is 17.3 Å². The maximum absolute atomic E-state index is 14.4. The Hall–Kier alpha value is -3.93. The fraction of sp³-hybridized carbons (Fsp3) is 0.242. The van der Waals surface area contributed by atoms with Gasteiger partial charge in [0.2, 0.25) is 0 Å². The van der Waals surface area contributed by atoms with E-state index in [1.54, 1.807) is 36.4 Å². The number of nitrogens with zero attached hydrogens (tertiary/aromatic N) is 2. The number of hydrogen-bond acceptors (Lipinski definition) is 5. The second-order valence-electron chi connectivity index (χ2n) is 10.1. The fourth-order valence-corrected chi connectivity index (χ4v) is 4.99. The Balaban J connectivity index is 1.64. The van der Waals surface area contributed by atoms with Crippen LogP contribution in [0.4, 0.5) is 0 Å². The minimum Gasteiger partial charge on any atom is -0.508 e. The number of aromatic hydroxyl groups is 2. The van der Waals surface area contributed by atoms with E-state index >= 15 is 0 Å². The van der Waals surface area contributed by atoms with Gasteiger partial charge in [-0.15, -0.1) is 0 Å². The number of hydrogen-bond donors (Lipinski definition) is 2. The van der Waals surface area contributed by atoms with Crippen LogP contribution in [0.1, 0.15) is 34.1 Å². The summed E-state index contributed by atoms with van der Waals surface area (Å²) in [5.41, 5.74) is 3.91. The molecular formula is C33H36N2O3.